The number of carboxylic acids is 2. The number of carbonyl (C=O) groups is 2. The number of aryl methyl sites for hydroxylation is 1. The third-order valence-electron chi connectivity index (χ3n) is 7.67. The van der Waals surface area contributed by atoms with E-state index in [1.807, 2.05) is 12.8 Å². The maximum absolute atomic E-state index is 12.9. The number of fused-ring (bicyclic) bond motifs is 1. The number of methoxy groups -OCH3 is 1. The summed E-state index contributed by atoms with van der Waals surface area (Å²) in [6, 6.07) is 9.53. The third-order valence-corrected chi connectivity index (χ3v) is 7.84. The quantitative estimate of drug-likeness (QED) is 0.0696. The Balaban J connectivity index is 1.62. The van der Waals surface area contributed by atoms with Crippen molar-refractivity contribution in [3.05, 3.63) is 70.1 Å². The summed E-state index contributed by atoms with van der Waals surface area (Å²) >= 11 is 6.01. The highest BCUT2D eigenvalue weighted by Gasteiger charge is 2.51. The van der Waals surface area contributed by atoms with Gasteiger partial charge in [0.15, 0.2) is 28.8 Å². The Morgan fingerprint density at radius 3 is 2.43 bits per heavy atom. The Morgan fingerprint density at radius 2 is 1.85 bits per heavy atom. The number of carboxylic acid groups (broad SMARTS) is 2. The van der Waals surface area contributed by atoms with Gasteiger partial charge in [0.1, 0.15) is 6.10 Å². The lowest BCUT2D eigenvalue weighted by atomic mass is 9.92. The van der Waals surface area contributed by atoms with E-state index < -0.39 is 48.5 Å². The molecule has 0 saturated heterocycles. The Morgan fingerprint density at radius 1 is 1.17 bits per heavy atom. The number of halogens is 1. The van der Waals surface area contributed by atoms with Crippen LogP contribution in [0.3, 0.4) is 0 Å². The van der Waals surface area contributed by atoms with E-state index in [1.165, 1.54) is 12.1 Å². The molecule has 3 atom stereocenters. The van der Waals surface area contributed by atoms with E-state index in [4.69, 9.17) is 27.5 Å². The minimum atomic E-state index is -2.87. The van der Waals surface area contributed by atoms with E-state index in [0.717, 1.165) is 24.4 Å². The number of hydrogen-bond acceptors (Lipinski definition) is 11. The molecule has 0 unspecified atom stereocenters. The summed E-state index contributed by atoms with van der Waals surface area (Å²) in [5.74, 6) is -1.42. The summed E-state index contributed by atoms with van der Waals surface area (Å²) in [5.41, 5.74) is -4.32. The molecule has 0 fully saturated rings. The number of aromatic nitrogens is 5. The van der Waals surface area contributed by atoms with E-state index in [2.05, 4.69) is 20.3 Å². The van der Waals surface area contributed by atoms with Crippen molar-refractivity contribution >= 4 is 40.5 Å². The highest BCUT2D eigenvalue weighted by Crippen LogP contribution is 2.32. The first kappa shape index (κ1) is 35.0. The molecule has 0 saturated carbocycles. The fraction of sp³-hybridized carbons (Fsp3) is 0.355. The molecule has 0 amide bonds. The number of nitrogens with zero attached hydrogens (tertiary/aromatic N) is 5. The van der Waals surface area contributed by atoms with Crippen LogP contribution in [0.25, 0.3) is 22.3 Å². The number of aliphatic hydroxyl groups is 2. The zero-order chi connectivity index (χ0) is 34.5. The number of anilines is 1. The van der Waals surface area contributed by atoms with Gasteiger partial charge in [-0.15, -0.1) is 6.42 Å². The first-order chi connectivity index (χ1) is 22.4. The zero-order valence-corrected chi connectivity index (χ0v) is 26.4. The first-order valence-electron chi connectivity index (χ1n) is 14.2. The van der Waals surface area contributed by atoms with E-state index >= 15 is 0 Å². The maximum Gasteiger partial charge on any atom is 0.348 e. The van der Waals surface area contributed by atoms with Gasteiger partial charge < -0.3 is 39.8 Å². The van der Waals surface area contributed by atoms with Crippen LogP contribution in [0.5, 0.6) is 0 Å². The molecule has 248 valence electrons. The van der Waals surface area contributed by atoms with Gasteiger partial charge in [0.25, 0.3) is 11.2 Å². The minimum absolute atomic E-state index is 0.0139. The van der Waals surface area contributed by atoms with Gasteiger partial charge in [0.2, 0.25) is 5.28 Å². The first-order valence-corrected chi connectivity index (χ1v) is 14.6. The lowest BCUT2D eigenvalue weighted by Gasteiger charge is -2.36. The average molecular weight is 669 g/mol. The van der Waals surface area contributed by atoms with Crippen LogP contribution in [0, 0.1) is 12.3 Å². The van der Waals surface area contributed by atoms with Crippen molar-refractivity contribution in [1.29, 1.82) is 0 Å². The second kappa shape index (κ2) is 14.3. The second-order valence-corrected chi connectivity index (χ2v) is 10.9. The topological polar surface area (TPSA) is 211 Å². The van der Waals surface area contributed by atoms with Crippen LogP contribution in [0.15, 0.2) is 53.7 Å². The molecule has 15 nitrogen and oxygen atoms in total. The van der Waals surface area contributed by atoms with Gasteiger partial charge in [-0.3, -0.25) is 9.36 Å². The van der Waals surface area contributed by atoms with Crippen molar-refractivity contribution in [2.45, 2.75) is 49.8 Å². The molecular weight excluding hydrogens is 636 g/mol. The third kappa shape index (κ3) is 6.68. The van der Waals surface area contributed by atoms with Crippen molar-refractivity contribution in [1.82, 2.24) is 24.1 Å². The van der Waals surface area contributed by atoms with Crippen molar-refractivity contribution < 1.29 is 39.5 Å². The van der Waals surface area contributed by atoms with Gasteiger partial charge in [-0.2, -0.15) is 9.97 Å². The number of nitrogens with one attached hydrogen (secondary N) is 1. The number of benzene rings is 1. The molecule has 4 rings (SSSR count). The number of terminal acetylenes is 1. The van der Waals surface area contributed by atoms with E-state index in [-0.39, 0.29) is 33.4 Å². The van der Waals surface area contributed by atoms with Crippen LogP contribution >= 0.6 is 11.6 Å². The van der Waals surface area contributed by atoms with Crippen molar-refractivity contribution in [3.63, 3.8) is 0 Å². The number of aliphatic carboxylic acids is 2. The second-order valence-electron chi connectivity index (χ2n) is 10.5. The smallest absolute Gasteiger partial charge is 0.348 e. The molecule has 16 heteroatoms. The molecule has 0 aliphatic rings. The highest BCUT2D eigenvalue weighted by atomic mass is 35.5. The van der Waals surface area contributed by atoms with Crippen LogP contribution < -0.4 is 10.9 Å². The summed E-state index contributed by atoms with van der Waals surface area (Å²) < 4.78 is 13.4. The summed E-state index contributed by atoms with van der Waals surface area (Å²) in [6.45, 7) is 1.59. The van der Waals surface area contributed by atoms with Gasteiger partial charge in [0.05, 0.1) is 12.9 Å². The maximum atomic E-state index is 12.9. The highest BCUT2D eigenvalue weighted by molar-refractivity contribution is 6.28. The summed E-state index contributed by atoms with van der Waals surface area (Å²) in [7, 11) is 2.66. The van der Waals surface area contributed by atoms with Crippen LogP contribution in [-0.2, 0) is 32.0 Å². The van der Waals surface area contributed by atoms with Gasteiger partial charge in [0, 0.05) is 38.9 Å². The standard InChI is InChI=1S/C31H33ClN6O9/c1-5-13-37-14-7-8-20(25(37)39)19-11-9-18(10-12-19)15-31(27(41)42,28(43)44)47-16-21(46-4)30(45,6-2)26(40)38-17-34-22-23(33-3)35-29(32)36-24(22)38/h2,7-12,14,17,21,26,40,45H,5,13,15-16H2,1,3-4H3,(H,41,42)(H,43,44)(H,33,35,36)/t21-,26-,30-/m1/s1. The SMILES string of the molecule is C#C[C@@](O)([C@@H](COC(Cc1ccc(-c2cccn(CCC)c2=O)cc1)(C(=O)O)C(=O)O)OC)[C@@H](O)n1cnc2c(NC)nc(Cl)nc21. The number of hydrogen-bond donors (Lipinski definition) is 5. The Kier molecular flexibility index (Phi) is 10.6. The molecule has 3 heterocycles. The summed E-state index contributed by atoms with van der Waals surface area (Å²) in [6.07, 6.45) is 4.86. The number of ether oxygens (including phenoxy) is 2. The summed E-state index contributed by atoms with van der Waals surface area (Å²) in [4.78, 5) is 50.0. The average Bonchev–Trinajstić information content (AvgIpc) is 3.48. The molecule has 5 N–H and O–H groups in total. The Bertz CT molecular complexity index is 1860. The molecule has 0 aliphatic heterocycles. The van der Waals surface area contributed by atoms with Crippen molar-refractivity contribution in [2.24, 2.45) is 0 Å². The van der Waals surface area contributed by atoms with Gasteiger partial charge in [-0.1, -0.05) is 37.1 Å². The largest absolute Gasteiger partial charge is 0.479 e. The normalized spacial score (nSPS) is 14.2. The summed E-state index contributed by atoms with van der Waals surface area (Å²) in [5, 5.41) is 45.6. The molecule has 0 radical (unpaired) electrons. The van der Waals surface area contributed by atoms with Crippen LogP contribution in [0.1, 0.15) is 25.1 Å². The van der Waals surface area contributed by atoms with E-state index in [0.29, 0.717) is 17.7 Å². The Labute approximate surface area is 273 Å². The molecule has 4 aromatic rings. The van der Waals surface area contributed by atoms with Crippen LogP contribution in [0.2, 0.25) is 5.28 Å². The fourth-order valence-electron chi connectivity index (χ4n) is 5.06. The Hall–Kier alpha value is -4.85. The van der Waals surface area contributed by atoms with Gasteiger partial charge >= 0.3 is 11.9 Å². The molecule has 0 spiro atoms. The minimum Gasteiger partial charge on any atom is -0.479 e. The van der Waals surface area contributed by atoms with E-state index in [1.54, 1.807) is 42.1 Å². The lowest BCUT2D eigenvalue weighted by Crippen LogP contribution is -2.56. The monoisotopic (exact) mass is 668 g/mol. The molecule has 3 aromatic heterocycles. The van der Waals surface area contributed by atoms with Crippen molar-refractivity contribution in [2.75, 3.05) is 26.1 Å². The molecule has 0 aliphatic carbocycles. The molecular formula is C31H33ClN6O9. The molecule has 1 aromatic carbocycles. The fourth-order valence-corrected chi connectivity index (χ4v) is 5.23. The van der Waals surface area contributed by atoms with E-state index in [9.17, 15) is 34.8 Å². The van der Waals surface area contributed by atoms with Crippen LogP contribution in [0.4, 0.5) is 5.82 Å². The molecule has 0 bridgehead atoms. The predicted molar refractivity (Wildman–Crippen MR) is 170 cm³/mol. The zero-order valence-electron chi connectivity index (χ0n) is 25.6. The number of pyridine rings is 1. The lowest BCUT2D eigenvalue weighted by molar-refractivity contribution is -0.202. The van der Waals surface area contributed by atoms with Crippen molar-refractivity contribution in [3.8, 4) is 23.5 Å². The van der Waals surface area contributed by atoms with Crippen LogP contribution in [-0.4, -0.2) is 94.5 Å². The molecule has 47 heavy (non-hydrogen) atoms. The van der Waals surface area contributed by atoms with Gasteiger partial charge in [-0.25, -0.2) is 14.6 Å². The number of aliphatic hydroxyl groups excluding tert-OH is 1. The van der Waals surface area contributed by atoms with Gasteiger partial charge in [-0.05, 0) is 41.3 Å². The predicted octanol–water partition coefficient (Wildman–Crippen LogP) is 1.80. The number of rotatable bonds is 15. The number of imidazole rings is 1.